The Morgan fingerprint density at radius 2 is 1.89 bits per heavy atom. The van der Waals surface area contributed by atoms with Crippen LogP contribution in [-0.4, -0.2) is 17.8 Å². The summed E-state index contributed by atoms with van der Waals surface area (Å²) in [4.78, 5) is 12.1. The molecule has 0 aliphatic heterocycles. The largest absolute Gasteiger partial charge is 0.354 e. The third kappa shape index (κ3) is 3.05. The molecule has 0 spiro atoms. The number of alkyl halides is 1. The molecule has 1 atom stereocenters. The highest BCUT2D eigenvalue weighted by Gasteiger charge is 2.27. The summed E-state index contributed by atoms with van der Waals surface area (Å²) in [5, 5.41) is 2.98. The number of benzene rings is 1. The number of fused-ring (bicyclic) bond motifs is 1. The second-order valence-electron chi connectivity index (χ2n) is 5.38. The minimum atomic E-state index is 0.0118. The van der Waals surface area contributed by atoms with E-state index in [1.807, 2.05) is 12.1 Å². The van der Waals surface area contributed by atoms with Crippen molar-refractivity contribution in [2.45, 2.75) is 32.1 Å². The van der Waals surface area contributed by atoms with E-state index in [0.717, 1.165) is 12.8 Å². The molecule has 0 fully saturated rings. The van der Waals surface area contributed by atoms with Crippen LogP contribution in [0.4, 0.5) is 0 Å². The number of carbonyl (C=O) groups is 1. The average Bonchev–Trinajstić information content (AvgIpc) is 2.79. The smallest absolute Gasteiger partial charge is 0.223 e. The van der Waals surface area contributed by atoms with Gasteiger partial charge in [-0.1, -0.05) is 38.1 Å². The van der Waals surface area contributed by atoms with Gasteiger partial charge in [0.1, 0.15) is 0 Å². The summed E-state index contributed by atoms with van der Waals surface area (Å²) in [6, 6.07) is 8.29. The molecule has 2 rings (SSSR count). The van der Waals surface area contributed by atoms with Crippen molar-refractivity contribution in [2.75, 3.05) is 6.54 Å². The van der Waals surface area contributed by atoms with E-state index >= 15 is 0 Å². The Labute approximate surface area is 114 Å². The van der Waals surface area contributed by atoms with Crippen LogP contribution in [0.3, 0.4) is 0 Å². The second kappa shape index (κ2) is 5.75. The van der Waals surface area contributed by atoms with Gasteiger partial charge in [-0.3, -0.25) is 4.79 Å². The lowest BCUT2D eigenvalue weighted by atomic mass is 10.1. The number of amides is 1. The Balaban J connectivity index is 1.86. The lowest BCUT2D eigenvalue weighted by Gasteiger charge is -2.16. The van der Waals surface area contributed by atoms with Crippen molar-refractivity contribution in [3.05, 3.63) is 35.4 Å². The minimum absolute atomic E-state index is 0.0118. The molecule has 1 N–H and O–H groups in total. The molecule has 0 aromatic heterocycles. The van der Waals surface area contributed by atoms with Crippen LogP contribution in [-0.2, 0) is 17.6 Å². The molecule has 1 unspecified atom stereocenters. The van der Waals surface area contributed by atoms with Gasteiger partial charge in [0.15, 0.2) is 0 Å². The fourth-order valence-electron chi connectivity index (χ4n) is 2.32. The van der Waals surface area contributed by atoms with Crippen molar-refractivity contribution in [2.24, 2.45) is 11.8 Å². The summed E-state index contributed by atoms with van der Waals surface area (Å²) in [7, 11) is 0. The summed E-state index contributed by atoms with van der Waals surface area (Å²) in [6.45, 7) is 4.69. The van der Waals surface area contributed by atoms with Crippen molar-refractivity contribution in [3.63, 3.8) is 0 Å². The maximum Gasteiger partial charge on any atom is 0.223 e. The summed E-state index contributed by atoms with van der Waals surface area (Å²) >= 11 is 6.14. The first-order valence-corrected chi connectivity index (χ1v) is 7.00. The molecule has 1 aliphatic rings. The zero-order valence-electron chi connectivity index (χ0n) is 10.9. The van der Waals surface area contributed by atoms with E-state index in [2.05, 4.69) is 31.3 Å². The molecule has 18 heavy (non-hydrogen) atoms. The molecule has 1 aliphatic carbocycles. The molecule has 0 saturated heterocycles. The third-order valence-electron chi connectivity index (χ3n) is 3.62. The molecule has 3 heteroatoms. The quantitative estimate of drug-likeness (QED) is 0.834. The fourth-order valence-corrected chi connectivity index (χ4v) is 2.40. The SMILES string of the molecule is CC(C)C(Cl)CNC(=O)C1Cc2ccccc2C1. The van der Waals surface area contributed by atoms with Gasteiger partial charge in [-0.25, -0.2) is 0 Å². The van der Waals surface area contributed by atoms with E-state index in [1.54, 1.807) is 0 Å². The van der Waals surface area contributed by atoms with Crippen LogP contribution in [0.1, 0.15) is 25.0 Å². The van der Waals surface area contributed by atoms with Crippen LogP contribution in [0.2, 0.25) is 0 Å². The fraction of sp³-hybridized carbons (Fsp3) is 0.533. The minimum Gasteiger partial charge on any atom is -0.354 e. The van der Waals surface area contributed by atoms with Crippen molar-refractivity contribution >= 4 is 17.5 Å². The van der Waals surface area contributed by atoms with E-state index < -0.39 is 0 Å². The van der Waals surface area contributed by atoms with E-state index in [4.69, 9.17) is 11.6 Å². The monoisotopic (exact) mass is 265 g/mol. The lowest BCUT2D eigenvalue weighted by molar-refractivity contribution is -0.124. The molecule has 0 radical (unpaired) electrons. The summed E-state index contributed by atoms with van der Waals surface area (Å²) < 4.78 is 0. The second-order valence-corrected chi connectivity index (χ2v) is 5.94. The topological polar surface area (TPSA) is 29.1 Å². The number of nitrogens with one attached hydrogen (secondary N) is 1. The molecule has 1 amide bonds. The van der Waals surface area contributed by atoms with Crippen molar-refractivity contribution < 1.29 is 4.79 Å². The first-order valence-electron chi connectivity index (χ1n) is 6.56. The van der Waals surface area contributed by atoms with Gasteiger partial charge in [-0.15, -0.1) is 11.6 Å². The number of carbonyl (C=O) groups excluding carboxylic acids is 1. The van der Waals surface area contributed by atoms with Crippen LogP contribution >= 0.6 is 11.6 Å². The normalized spacial score (nSPS) is 16.7. The van der Waals surface area contributed by atoms with Crippen LogP contribution in [0, 0.1) is 11.8 Å². The standard InChI is InChI=1S/C15H20ClNO/c1-10(2)14(16)9-17-15(18)13-7-11-5-3-4-6-12(11)8-13/h3-6,10,13-14H,7-9H2,1-2H3,(H,17,18). The Morgan fingerprint density at radius 3 is 2.39 bits per heavy atom. The summed E-state index contributed by atoms with van der Waals surface area (Å²) in [5.41, 5.74) is 2.62. The molecule has 0 bridgehead atoms. The Hall–Kier alpha value is -1.02. The van der Waals surface area contributed by atoms with Gasteiger partial charge in [0, 0.05) is 12.5 Å². The Bertz CT molecular complexity index is 405. The van der Waals surface area contributed by atoms with Gasteiger partial charge in [0.25, 0.3) is 0 Å². The van der Waals surface area contributed by atoms with Crippen LogP contribution in [0.15, 0.2) is 24.3 Å². The number of hydrogen-bond donors (Lipinski definition) is 1. The van der Waals surface area contributed by atoms with Crippen LogP contribution in [0.5, 0.6) is 0 Å². The first-order chi connectivity index (χ1) is 8.58. The highest BCUT2D eigenvalue weighted by atomic mass is 35.5. The maximum atomic E-state index is 12.1. The van der Waals surface area contributed by atoms with E-state index in [9.17, 15) is 4.79 Å². The van der Waals surface area contributed by atoms with Crippen molar-refractivity contribution in [1.29, 1.82) is 0 Å². The van der Waals surface area contributed by atoms with Crippen LogP contribution in [0.25, 0.3) is 0 Å². The van der Waals surface area contributed by atoms with Gasteiger partial charge >= 0.3 is 0 Å². The lowest BCUT2D eigenvalue weighted by Crippen LogP contribution is -2.36. The van der Waals surface area contributed by atoms with Crippen molar-refractivity contribution in [3.8, 4) is 0 Å². The predicted molar refractivity (Wildman–Crippen MR) is 74.8 cm³/mol. The molecule has 2 nitrogen and oxygen atoms in total. The summed E-state index contributed by atoms with van der Waals surface area (Å²) in [6.07, 6.45) is 1.72. The first kappa shape index (κ1) is 13.4. The highest BCUT2D eigenvalue weighted by Crippen LogP contribution is 2.26. The number of rotatable bonds is 4. The van der Waals surface area contributed by atoms with Gasteiger partial charge in [0.2, 0.25) is 5.91 Å². The molecule has 0 saturated carbocycles. The summed E-state index contributed by atoms with van der Waals surface area (Å²) in [5.74, 6) is 0.601. The van der Waals surface area contributed by atoms with Crippen LogP contribution < -0.4 is 5.32 Å². The zero-order chi connectivity index (χ0) is 13.1. The molecular formula is C15H20ClNO. The van der Waals surface area contributed by atoms with E-state index in [1.165, 1.54) is 11.1 Å². The zero-order valence-corrected chi connectivity index (χ0v) is 11.7. The van der Waals surface area contributed by atoms with E-state index in [-0.39, 0.29) is 17.2 Å². The maximum absolute atomic E-state index is 12.1. The molecule has 0 heterocycles. The van der Waals surface area contributed by atoms with E-state index in [0.29, 0.717) is 12.5 Å². The molecule has 1 aromatic carbocycles. The van der Waals surface area contributed by atoms with Gasteiger partial charge < -0.3 is 5.32 Å². The number of halogens is 1. The van der Waals surface area contributed by atoms with Crippen molar-refractivity contribution in [1.82, 2.24) is 5.32 Å². The molecule has 98 valence electrons. The highest BCUT2D eigenvalue weighted by molar-refractivity contribution is 6.21. The van der Waals surface area contributed by atoms with Gasteiger partial charge in [0.05, 0.1) is 5.38 Å². The molecular weight excluding hydrogens is 246 g/mol. The molecule has 1 aromatic rings. The Morgan fingerprint density at radius 1 is 1.33 bits per heavy atom. The Kier molecular flexibility index (Phi) is 4.28. The predicted octanol–water partition coefficient (Wildman–Crippen LogP) is 2.78. The average molecular weight is 266 g/mol. The van der Waals surface area contributed by atoms with Gasteiger partial charge in [-0.05, 0) is 29.9 Å². The third-order valence-corrected chi connectivity index (χ3v) is 4.27. The van der Waals surface area contributed by atoms with Gasteiger partial charge in [-0.2, -0.15) is 0 Å². The number of hydrogen-bond acceptors (Lipinski definition) is 1.